The molecular formula is C16H19N3O. The SMILES string of the molecule is CCCC(=O)c1nc2n(n1)C(c1ccccc1)CC2C. The summed E-state index contributed by atoms with van der Waals surface area (Å²) in [4.78, 5) is 16.4. The van der Waals surface area contributed by atoms with Crippen LogP contribution < -0.4 is 0 Å². The molecule has 0 N–H and O–H groups in total. The molecule has 0 saturated carbocycles. The molecule has 2 aromatic rings. The maximum Gasteiger partial charge on any atom is 0.217 e. The smallest absolute Gasteiger partial charge is 0.217 e. The monoisotopic (exact) mass is 269 g/mol. The summed E-state index contributed by atoms with van der Waals surface area (Å²) >= 11 is 0. The first-order chi connectivity index (χ1) is 9.70. The Morgan fingerprint density at radius 3 is 2.80 bits per heavy atom. The van der Waals surface area contributed by atoms with Crippen molar-refractivity contribution >= 4 is 5.78 Å². The molecule has 0 amide bonds. The van der Waals surface area contributed by atoms with Gasteiger partial charge in [0.1, 0.15) is 5.82 Å². The Labute approximate surface area is 118 Å². The van der Waals surface area contributed by atoms with Gasteiger partial charge in [-0.2, -0.15) is 0 Å². The van der Waals surface area contributed by atoms with Gasteiger partial charge in [0.25, 0.3) is 0 Å². The lowest BCUT2D eigenvalue weighted by atomic mass is 10.0. The molecule has 1 aromatic carbocycles. The number of rotatable bonds is 4. The van der Waals surface area contributed by atoms with Crippen molar-refractivity contribution in [3.05, 3.63) is 47.5 Å². The summed E-state index contributed by atoms with van der Waals surface area (Å²) in [6.07, 6.45) is 2.36. The summed E-state index contributed by atoms with van der Waals surface area (Å²) in [6.45, 7) is 4.15. The van der Waals surface area contributed by atoms with Crippen molar-refractivity contribution < 1.29 is 4.79 Å². The number of Topliss-reactive ketones (excluding diaryl/α,β-unsaturated/α-hetero) is 1. The fourth-order valence-electron chi connectivity index (χ4n) is 2.85. The van der Waals surface area contributed by atoms with Gasteiger partial charge in [-0.1, -0.05) is 44.2 Å². The third-order valence-corrected chi connectivity index (χ3v) is 3.88. The Kier molecular flexibility index (Phi) is 3.38. The minimum Gasteiger partial charge on any atom is -0.291 e. The van der Waals surface area contributed by atoms with Gasteiger partial charge in [0.05, 0.1) is 6.04 Å². The van der Waals surface area contributed by atoms with Crippen LogP contribution in [0.3, 0.4) is 0 Å². The number of carbonyl (C=O) groups is 1. The molecule has 104 valence electrons. The molecule has 0 fully saturated rings. The standard InChI is InChI=1S/C16H19N3O/c1-3-7-14(20)15-17-16-11(2)10-13(19(16)18-15)12-8-5-4-6-9-12/h4-6,8-9,11,13H,3,7,10H2,1-2H3. The van der Waals surface area contributed by atoms with Gasteiger partial charge in [-0.3, -0.25) is 4.79 Å². The second kappa shape index (κ2) is 5.19. The lowest BCUT2D eigenvalue weighted by molar-refractivity contribution is 0.0971. The number of fused-ring (bicyclic) bond motifs is 1. The maximum absolute atomic E-state index is 12.0. The average Bonchev–Trinajstić information content (AvgIpc) is 3.01. The van der Waals surface area contributed by atoms with Crippen LogP contribution in [0.4, 0.5) is 0 Å². The fraction of sp³-hybridized carbons (Fsp3) is 0.438. The summed E-state index contributed by atoms with van der Waals surface area (Å²) in [5.74, 6) is 1.72. The van der Waals surface area contributed by atoms with Crippen LogP contribution in [0, 0.1) is 0 Å². The third kappa shape index (κ3) is 2.15. The van der Waals surface area contributed by atoms with Gasteiger partial charge in [-0.25, -0.2) is 9.67 Å². The van der Waals surface area contributed by atoms with E-state index in [4.69, 9.17) is 0 Å². The van der Waals surface area contributed by atoms with Gasteiger partial charge in [0, 0.05) is 12.3 Å². The predicted molar refractivity (Wildman–Crippen MR) is 76.9 cm³/mol. The van der Waals surface area contributed by atoms with Gasteiger partial charge in [-0.15, -0.1) is 5.10 Å². The van der Waals surface area contributed by atoms with Crippen molar-refractivity contribution in [2.75, 3.05) is 0 Å². The Morgan fingerprint density at radius 1 is 1.35 bits per heavy atom. The molecule has 0 aliphatic carbocycles. The van der Waals surface area contributed by atoms with Crippen LogP contribution in [-0.4, -0.2) is 20.5 Å². The van der Waals surface area contributed by atoms with E-state index < -0.39 is 0 Å². The summed E-state index contributed by atoms with van der Waals surface area (Å²) in [7, 11) is 0. The molecule has 1 aromatic heterocycles. The molecule has 1 aliphatic rings. The van der Waals surface area contributed by atoms with E-state index in [-0.39, 0.29) is 11.8 Å². The number of carbonyl (C=O) groups excluding carboxylic acids is 1. The Bertz CT molecular complexity index is 618. The molecule has 0 radical (unpaired) electrons. The molecular weight excluding hydrogens is 250 g/mol. The van der Waals surface area contributed by atoms with E-state index in [2.05, 4.69) is 29.1 Å². The summed E-state index contributed by atoms with van der Waals surface area (Å²) in [5, 5.41) is 4.47. The van der Waals surface area contributed by atoms with Gasteiger partial charge >= 0.3 is 0 Å². The van der Waals surface area contributed by atoms with Gasteiger partial charge in [-0.05, 0) is 18.4 Å². The summed E-state index contributed by atoms with van der Waals surface area (Å²) in [5.41, 5.74) is 1.23. The molecule has 2 atom stereocenters. The molecule has 2 unspecified atom stereocenters. The van der Waals surface area contributed by atoms with Crippen LogP contribution in [0.2, 0.25) is 0 Å². The van der Waals surface area contributed by atoms with E-state index in [0.29, 0.717) is 18.2 Å². The highest BCUT2D eigenvalue weighted by Crippen LogP contribution is 2.38. The van der Waals surface area contributed by atoms with E-state index in [1.54, 1.807) is 0 Å². The van der Waals surface area contributed by atoms with Crippen molar-refractivity contribution in [2.24, 2.45) is 0 Å². The lowest BCUT2D eigenvalue weighted by Crippen LogP contribution is -2.09. The quantitative estimate of drug-likeness (QED) is 0.800. The molecule has 1 aliphatic heterocycles. The number of hydrogen-bond donors (Lipinski definition) is 0. The first kappa shape index (κ1) is 13.0. The van der Waals surface area contributed by atoms with Gasteiger partial charge < -0.3 is 0 Å². The molecule has 0 spiro atoms. The van der Waals surface area contributed by atoms with Crippen molar-refractivity contribution in [1.29, 1.82) is 0 Å². The molecule has 3 rings (SSSR count). The molecule has 0 bridgehead atoms. The Balaban J connectivity index is 1.96. The van der Waals surface area contributed by atoms with Gasteiger partial charge in [0.2, 0.25) is 11.6 Å². The Hall–Kier alpha value is -1.97. The van der Waals surface area contributed by atoms with Crippen LogP contribution in [0.5, 0.6) is 0 Å². The number of benzene rings is 1. The topological polar surface area (TPSA) is 47.8 Å². The summed E-state index contributed by atoms with van der Waals surface area (Å²) in [6, 6.07) is 10.5. The summed E-state index contributed by atoms with van der Waals surface area (Å²) < 4.78 is 1.95. The molecule has 20 heavy (non-hydrogen) atoms. The zero-order valence-electron chi connectivity index (χ0n) is 11.9. The first-order valence-electron chi connectivity index (χ1n) is 7.25. The molecule has 4 nitrogen and oxygen atoms in total. The number of ketones is 1. The van der Waals surface area contributed by atoms with Crippen molar-refractivity contribution in [1.82, 2.24) is 14.8 Å². The largest absolute Gasteiger partial charge is 0.291 e. The second-order valence-corrected chi connectivity index (χ2v) is 5.47. The zero-order chi connectivity index (χ0) is 14.1. The van der Waals surface area contributed by atoms with E-state index >= 15 is 0 Å². The predicted octanol–water partition coefficient (Wildman–Crippen LogP) is 3.36. The van der Waals surface area contributed by atoms with Crippen LogP contribution in [0.25, 0.3) is 0 Å². The molecule has 0 saturated heterocycles. The van der Waals surface area contributed by atoms with E-state index in [1.807, 2.05) is 29.8 Å². The highest BCUT2D eigenvalue weighted by Gasteiger charge is 2.33. The van der Waals surface area contributed by atoms with Gasteiger partial charge in [0.15, 0.2) is 0 Å². The van der Waals surface area contributed by atoms with E-state index in [9.17, 15) is 4.79 Å². The number of nitrogens with zero attached hydrogens (tertiary/aromatic N) is 3. The zero-order valence-corrected chi connectivity index (χ0v) is 11.9. The third-order valence-electron chi connectivity index (χ3n) is 3.88. The minimum absolute atomic E-state index is 0.0495. The highest BCUT2D eigenvalue weighted by atomic mass is 16.1. The van der Waals surface area contributed by atoms with Crippen LogP contribution in [0.15, 0.2) is 30.3 Å². The number of aromatic nitrogens is 3. The molecule has 2 heterocycles. The van der Waals surface area contributed by atoms with Crippen LogP contribution >= 0.6 is 0 Å². The number of hydrogen-bond acceptors (Lipinski definition) is 3. The molecule has 4 heteroatoms. The lowest BCUT2D eigenvalue weighted by Gasteiger charge is -2.11. The maximum atomic E-state index is 12.0. The Morgan fingerprint density at radius 2 is 2.10 bits per heavy atom. The first-order valence-corrected chi connectivity index (χ1v) is 7.25. The van der Waals surface area contributed by atoms with Crippen LogP contribution in [-0.2, 0) is 0 Å². The minimum atomic E-state index is 0.0495. The fourth-order valence-corrected chi connectivity index (χ4v) is 2.85. The van der Waals surface area contributed by atoms with E-state index in [1.165, 1.54) is 5.56 Å². The second-order valence-electron chi connectivity index (χ2n) is 5.47. The van der Waals surface area contributed by atoms with E-state index in [0.717, 1.165) is 18.7 Å². The van der Waals surface area contributed by atoms with Crippen molar-refractivity contribution in [2.45, 2.75) is 45.1 Å². The normalized spacial score (nSPS) is 20.9. The van der Waals surface area contributed by atoms with Crippen molar-refractivity contribution in [3.63, 3.8) is 0 Å². The highest BCUT2D eigenvalue weighted by molar-refractivity contribution is 5.92. The average molecular weight is 269 g/mol. The van der Waals surface area contributed by atoms with Crippen LogP contribution in [0.1, 0.15) is 67.1 Å². The van der Waals surface area contributed by atoms with Crippen molar-refractivity contribution in [3.8, 4) is 0 Å².